The van der Waals surface area contributed by atoms with Crippen LogP contribution < -0.4 is 0 Å². The summed E-state index contributed by atoms with van der Waals surface area (Å²) in [4.78, 5) is 28.9. The Morgan fingerprint density at radius 2 is 1.57 bits per heavy atom. The first-order valence-corrected chi connectivity index (χ1v) is 8.80. The Hall–Kier alpha value is -1.06. The van der Waals surface area contributed by atoms with Crippen molar-refractivity contribution in [3.05, 3.63) is 0 Å². The predicted molar refractivity (Wildman–Crippen MR) is 81.7 cm³/mol. The summed E-state index contributed by atoms with van der Waals surface area (Å²) in [6.07, 6.45) is 8.76. The van der Waals surface area contributed by atoms with E-state index in [4.69, 9.17) is 0 Å². The molecule has 4 heteroatoms. The maximum atomic E-state index is 12.8. The summed E-state index contributed by atoms with van der Waals surface area (Å²) >= 11 is 0. The van der Waals surface area contributed by atoms with Gasteiger partial charge in [0.1, 0.15) is 0 Å². The lowest BCUT2D eigenvalue weighted by Gasteiger charge is -2.36. The van der Waals surface area contributed by atoms with Crippen molar-refractivity contribution in [2.24, 2.45) is 11.8 Å². The molecule has 0 unspecified atom stereocenters. The molecule has 0 radical (unpaired) electrons. The van der Waals surface area contributed by atoms with E-state index in [1.165, 1.54) is 25.7 Å². The number of amides is 2. The molecule has 2 aliphatic carbocycles. The summed E-state index contributed by atoms with van der Waals surface area (Å²) in [7, 11) is 0. The van der Waals surface area contributed by atoms with Crippen LogP contribution >= 0.6 is 0 Å². The van der Waals surface area contributed by atoms with E-state index < -0.39 is 0 Å². The fourth-order valence-corrected chi connectivity index (χ4v) is 3.98. The van der Waals surface area contributed by atoms with Crippen LogP contribution in [0.4, 0.5) is 0 Å². The van der Waals surface area contributed by atoms with Gasteiger partial charge in [-0.3, -0.25) is 9.59 Å². The number of rotatable bonds is 4. The molecular weight excluding hydrogens is 264 g/mol. The molecule has 0 aromatic rings. The van der Waals surface area contributed by atoms with E-state index in [9.17, 15) is 9.59 Å². The smallest absolute Gasteiger partial charge is 0.226 e. The van der Waals surface area contributed by atoms with Crippen molar-refractivity contribution in [1.29, 1.82) is 0 Å². The second-order valence-electron chi connectivity index (χ2n) is 6.94. The largest absolute Gasteiger partial charge is 0.342 e. The van der Waals surface area contributed by atoms with Crippen LogP contribution in [0.3, 0.4) is 0 Å². The molecule has 2 saturated carbocycles. The van der Waals surface area contributed by atoms with Gasteiger partial charge in [-0.2, -0.15) is 0 Å². The zero-order valence-corrected chi connectivity index (χ0v) is 13.2. The first-order chi connectivity index (χ1) is 10.2. The van der Waals surface area contributed by atoms with E-state index in [-0.39, 0.29) is 5.92 Å². The van der Waals surface area contributed by atoms with Gasteiger partial charge >= 0.3 is 0 Å². The van der Waals surface area contributed by atoms with Crippen LogP contribution in [0.5, 0.6) is 0 Å². The highest BCUT2D eigenvalue weighted by Gasteiger charge is 2.37. The standard InChI is InChI=1S/C17H28N2O2/c1-2-19(15-5-3-4-6-15)17(21)14-9-11-18(12-10-14)16(20)13-7-8-13/h13-15H,2-12H2,1H3. The number of carbonyl (C=O) groups excluding carboxylic acids is 2. The van der Waals surface area contributed by atoms with Gasteiger partial charge in [0.2, 0.25) is 11.8 Å². The molecule has 1 aliphatic heterocycles. The van der Waals surface area contributed by atoms with E-state index in [1.54, 1.807) is 0 Å². The fraction of sp³-hybridized carbons (Fsp3) is 0.882. The summed E-state index contributed by atoms with van der Waals surface area (Å²) in [5, 5.41) is 0. The minimum atomic E-state index is 0.147. The molecule has 0 spiro atoms. The third-order valence-electron chi connectivity index (χ3n) is 5.47. The molecule has 118 valence electrons. The van der Waals surface area contributed by atoms with Gasteiger partial charge in [0.15, 0.2) is 0 Å². The first-order valence-electron chi connectivity index (χ1n) is 8.80. The molecular formula is C17H28N2O2. The van der Waals surface area contributed by atoms with Crippen LogP contribution in [0.1, 0.15) is 58.3 Å². The molecule has 0 atom stereocenters. The normalized spacial score (nSPS) is 24.3. The zero-order valence-electron chi connectivity index (χ0n) is 13.2. The van der Waals surface area contributed by atoms with Gasteiger partial charge in [-0.05, 0) is 45.4 Å². The Morgan fingerprint density at radius 1 is 0.952 bits per heavy atom. The molecule has 1 saturated heterocycles. The summed E-state index contributed by atoms with van der Waals surface area (Å²) in [6, 6.07) is 0.480. The molecule has 4 nitrogen and oxygen atoms in total. The van der Waals surface area contributed by atoms with Crippen molar-refractivity contribution in [1.82, 2.24) is 9.80 Å². The molecule has 3 fully saturated rings. The maximum absolute atomic E-state index is 12.8. The highest BCUT2D eigenvalue weighted by Crippen LogP contribution is 2.33. The third-order valence-corrected chi connectivity index (χ3v) is 5.47. The van der Waals surface area contributed by atoms with Gasteiger partial charge in [0, 0.05) is 37.5 Å². The Bertz CT molecular complexity index is 392. The molecule has 3 rings (SSSR count). The van der Waals surface area contributed by atoms with Crippen LogP contribution in [-0.2, 0) is 9.59 Å². The first kappa shape index (κ1) is 14.9. The lowest BCUT2D eigenvalue weighted by molar-refractivity contribution is -0.142. The number of carbonyl (C=O) groups is 2. The highest BCUT2D eigenvalue weighted by atomic mass is 16.2. The molecule has 1 heterocycles. The van der Waals surface area contributed by atoms with Gasteiger partial charge < -0.3 is 9.80 Å². The minimum absolute atomic E-state index is 0.147. The van der Waals surface area contributed by atoms with Crippen molar-refractivity contribution < 1.29 is 9.59 Å². The minimum Gasteiger partial charge on any atom is -0.342 e. The number of likely N-dealkylation sites (tertiary alicyclic amines) is 1. The highest BCUT2D eigenvalue weighted by molar-refractivity contribution is 5.82. The second kappa shape index (κ2) is 6.37. The lowest BCUT2D eigenvalue weighted by Crippen LogP contribution is -2.47. The van der Waals surface area contributed by atoms with Gasteiger partial charge in [0.05, 0.1) is 0 Å². The SMILES string of the molecule is CCN(C(=O)C1CCN(C(=O)C2CC2)CC1)C1CCCC1. The van der Waals surface area contributed by atoms with E-state index in [1.807, 2.05) is 4.90 Å². The van der Waals surface area contributed by atoms with E-state index in [2.05, 4.69) is 11.8 Å². The lowest BCUT2D eigenvalue weighted by atomic mass is 9.94. The van der Waals surface area contributed by atoms with Crippen molar-refractivity contribution >= 4 is 11.8 Å². The molecule has 0 bridgehead atoms. The van der Waals surface area contributed by atoms with E-state index >= 15 is 0 Å². The van der Waals surface area contributed by atoms with Crippen LogP contribution in [0.15, 0.2) is 0 Å². The number of piperidine rings is 1. The summed E-state index contributed by atoms with van der Waals surface area (Å²) < 4.78 is 0. The predicted octanol–water partition coefficient (Wildman–Crippen LogP) is 2.43. The Balaban J connectivity index is 1.52. The number of nitrogens with zero attached hydrogens (tertiary/aromatic N) is 2. The monoisotopic (exact) mass is 292 g/mol. The third kappa shape index (κ3) is 3.24. The molecule has 0 aromatic heterocycles. The Morgan fingerprint density at radius 3 is 2.10 bits per heavy atom. The summed E-state index contributed by atoms with van der Waals surface area (Å²) in [5.74, 6) is 1.14. The van der Waals surface area contributed by atoms with Gasteiger partial charge in [-0.15, -0.1) is 0 Å². The molecule has 3 aliphatic rings. The quantitative estimate of drug-likeness (QED) is 0.798. The van der Waals surface area contributed by atoms with Gasteiger partial charge in [-0.25, -0.2) is 0 Å². The Kier molecular flexibility index (Phi) is 4.51. The zero-order chi connectivity index (χ0) is 14.8. The van der Waals surface area contributed by atoms with Crippen LogP contribution in [0, 0.1) is 11.8 Å². The molecule has 2 amide bonds. The van der Waals surface area contributed by atoms with Crippen LogP contribution in [0.25, 0.3) is 0 Å². The van der Waals surface area contributed by atoms with E-state index in [0.29, 0.717) is 23.8 Å². The fourth-order valence-electron chi connectivity index (χ4n) is 3.98. The number of hydrogen-bond acceptors (Lipinski definition) is 2. The average Bonchev–Trinajstić information content (AvgIpc) is 3.24. The molecule has 0 N–H and O–H groups in total. The second-order valence-corrected chi connectivity index (χ2v) is 6.94. The topological polar surface area (TPSA) is 40.6 Å². The van der Waals surface area contributed by atoms with E-state index in [0.717, 1.165) is 45.3 Å². The summed E-state index contributed by atoms with van der Waals surface area (Å²) in [5.41, 5.74) is 0. The molecule has 0 aromatic carbocycles. The van der Waals surface area contributed by atoms with Crippen molar-refractivity contribution in [3.63, 3.8) is 0 Å². The van der Waals surface area contributed by atoms with Gasteiger partial charge in [0.25, 0.3) is 0 Å². The maximum Gasteiger partial charge on any atom is 0.226 e. The number of hydrogen-bond donors (Lipinski definition) is 0. The van der Waals surface area contributed by atoms with Crippen LogP contribution in [-0.4, -0.2) is 47.3 Å². The Labute approximate surface area is 127 Å². The van der Waals surface area contributed by atoms with Gasteiger partial charge in [-0.1, -0.05) is 12.8 Å². The van der Waals surface area contributed by atoms with Crippen molar-refractivity contribution in [2.45, 2.75) is 64.3 Å². The molecule has 21 heavy (non-hydrogen) atoms. The van der Waals surface area contributed by atoms with Crippen LogP contribution in [0.2, 0.25) is 0 Å². The van der Waals surface area contributed by atoms with Crippen molar-refractivity contribution in [2.75, 3.05) is 19.6 Å². The van der Waals surface area contributed by atoms with Crippen molar-refractivity contribution in [3.8, 4) is 0 Å². The summed E-state index contributed by atoms with van der Waals surface area (Å²) in [6.45, 7) is 4.51. The average molecular weight is 292 g/mol.